The number of thiophene rings is 1. The van der Waals surface area contributed by atoms with E-state index >= 15 is 0 Å². The Labute approximate surface area is 178 Å². The van der Waals surface area contributed by atoms with Crippen LogP contribution in [-0.4, -0.2) is 27.2 Å². The number of hydrogen-bond acceptors (Lipinski definition) is 5. The minimum atomic E-state index is -0.800. The molecule has 4 aromatic rings. The van der Waals surface area contributed by atoms with Gasteiger partial charge in [-0.15, -0.1) is 11.3 Å². The van der Waals surface area contributed by atoms with Crippen LogP contribution in [-0.2, 0) is 6.42 Å². The van der Waals surface area contributed by atoms with E-state index in [4.69, 9.17) is 16.3 Å². The zero-order valence-corrected chi connectivity index (χ0v) is 17.6. The van der Waals surface area contributed by atoms with Gasteiger partial charge in [0, 0.05) is 39.6 Å². The lowest BCUT2D eigenvalue weighted by Crippen LogP contribution is -2.00. The Morgan fingerprint density at radius 2 is 1.97 bits per heavy atom. The number of methoxy groups -OCH3 is 1. The van der Waals surface area contributed by atoms with Crippen molar-refractivity contribution in [3.8, 4) is 27.0 Å². The standard InChI is InChI=1S/C22H20ClN3O2S/c1-3-16-12-25-22(26-16)21-17(20(27)13-4-6-15(23)7-5-13)11-18(29-21)14-8-9-24-19(10-14)28-2/h4-12,20,27H,3H2,1-2H3,(H,25,26). The zero-order chi connectivity index (χ0) is 20.4. The van der Waals surface area contributed by atoms with E-state index in [-0.39, 0.29) is 0 Å². The summed E-state index contributed by atoms with van der Waals surface area (Å²) in [5.41, 5.74) is 3.59. The number of nitrogens with zero attached hydrogens (tertiary/aromatic N) is 2. The van der Waals surface area contributed by atoms with E-state index in [9.17, 15) is 5.11 Å². The third kappa shape index (κ3) is 4.05. The number of aliphatic hydroxyl groups excluding tert-OH is 1. The lowest BCUT2D eigenvalue weighted by atomic mass is 10.0. The second-order valence-corrected chi connectivity index (χ2v) is 8.04. The number of aliphatic hydroxyl groups is 1. The fraction of sp³-hybridized carbons (Fsp3) is 0.182. The van der Waals surface area contributed by atoms with Crippen molar-refractivity contribution in [2.75, 3.05) is 7.11 Å². The molecule has 0 aliphatic carbocycles. The molecule has 1 unspecified atom stereocenters. The molecule has 0 aliphatic rings. The number of pyridine rings is 1. The first-order valence-electron chi connectivity index (χ1n) is 9.21. The summed E-state index contributed by atoms with van der Waals surface area (Å²) in [6.07, 6.45) is 3.61. The minimum Gasteiger partial charge on any atom is -0.481 e. The summed E-state index contributed by atoms with van der Waals surface area (Å²) in [5, 5.41) is 11.8. The van der Waals surface area contributed by atoms with Crippen LogP contribution in [0.4, 0.5) is 0 Å². The summed E-state index contributed by atoms with van der Waals surface area (Å²) >= 11 is 7.58. The van der Waals surface area contributed by atoms with Gasteiger partial charge in [0.05, 0.1) is 12.0 Å². The van der Waals surface area contributed by atoms with Gasteiger partial charge < -0.3 is 14.8 Å². The molecule has 0 radical (unpaired) electrons. The molecule has 0 saturated carbocycles. The fourth-order valence-corrected chi connectivity index (χ4v) is 4.35. The van der Waals surface area contributed by atoms with Crippen LogP contribution in [0.3, 0.4) is 0 Å². The normalized spacial score (nSPS) is 12.1. The minimum absolute atomic E-state index is 0.545. The smallest absolute Gasteiger partial charge is 0.213 e. The maximum absolute atomic E-state index is 11.1. The molecule has 4 rings (SSSR count). The van der Waals surface area contributed by atoms with Crippen molar-refractivity contribution in [3.63, 3.8) is 0 Å². The van der Waals surface area contributed by atoms with Gasteiger partial charge in [-0.3, -0.25) is 0 Å². The van der Waals surface area contributed by atoms with Crippen LogP contribution in [0.15, 0.2) is 54.9 Å². The summed E-state index contributed by atoms with van der Waals surface area (Å²) in [5.74, 6) is 1.30. The molecule has 0 bridgehead atoms. The molecule has 1 atom stereocenters. The predicted octanol–water partition coefficient (Wildman–Crippen LogP) is 5.51. The van der Waals surface area contributed by atoms with E-state index in [0.29, 0.717) is 10.9 Å². The first-order valence-corrected chi connectivity index (χ1v) is 10.4. The van der Waals surface area contributed by atoms with Crippen LogP contribution in [0.25, 0.3) is 21.1 Å². The molecule has 0 saturated heterocycles. The van der Waals surface area contributed by atoms with Crippen molar-refractivity contribution in [2.24, 2.45) is 0 Å². The van der Waals surface area contributed by atoms with E-state index in [1.807, 2.05) is 36.5 Å². The summed E-state index contributed by atoms with van der Waals surface area (Å²) in [4.78, 5) is 14.0. The van der Waals surface area contributed by atoms with Gasteiger partial charge in [0.15, 0.2) is 0 Å². The lowest BCUT2D eigenvalue weighted by molar-refractivity contribution is 0.221. The summed E-state index contributed by atoms with van der Waals surface area (Å²) < 4.78 is 5.26. The van der Waals surface area contributed by atoms with Crippen LogP contribution in [0.2, 0.25) is 5.02 Å². The number of hydrogen-bond donors (Lipinski definition) is 2. The Morgan fingerprint density at radius 1 is 1.17 bits per heavy atom. The Morgan fingerprint density at radius 3 is 2.66 bits per heavy atom. The number of aromatic amines is 1. The second kappa shape index (κ2) is 8.37. The largest absolute Gasteiger partial charge is 0.481 e. The van der Waals surface area contributed by atoms with Crippen LogP contribution in [0.5, 0.6) is 5.88 Å². The molecule has 7 heteroatoms. The Bertz CT molecular complexity index is 1120. The third-order valence-corrected chi connectivity index (χ3v) is 6.15. The molecule has 148 valence electrons. The average Bonchev–Trinajstić information content (AvgIpc) is 3.41. The maximum Gasteiger partial charge on any atom is 0.213 e. The Kier molecular flexibility index (Phi) is 5.67. The second-order valence-electron chi connectivity index (χ2n) is 6.55. The van der Waals surface area contributed by atoms with E-state index in [1.54, 1.807) is 36.8 Å². The fourth-order valence-electron chi connectivity index (χ4n) is 3.09. The quantitative estimate of drug-likeness (QED) is 0.427. The number of benzene rings is 1. The van der Waals surface area contributed by atoms with Crippen LogP contribution in [0.1, 0.15) is 29.8 Å². The van der Waals surface area contributed by atoms with E-state index < -0.39 is 6.10 Å². The molecule has 0 amide bonds. The van der Waals surface area contributed by atoms with Gasteiger partial charge in [0.25, 0.3) is 0 Å². The van der Waals surface area contributed by atoms with Crippen LogP contribution in [0, 0.1) is 0 Å². The van der Waals surface area contributed by atoms with Gasteiger partial charge in [0.2, 0.25) is 5.88 Å². The maximum atomic E-state index is 11.1. The van der Waals surface area contributed by atoms with E-state index in [2.05, 4.69) is 21.9 Å². The van der Waals surface area contributed by atoms with Gasteiger partial charge in [0.1, 0.15) is 11.9 Å². The molecule has 1 aromatic carbocycles. The number of aromatic nitrogens is 3. The summed E-state index contributed by atoms with van der Waals surface area (Å²) in [6.45, 7) is 2.07. The van der Waals surface area contributed by atoms with Gasteiger partial charge in [-0.1, -0.05) is 30.7 Å². The molecule has 5 nitrogen and oxygen atoms in total. The Balaban J connectivity index is 1.83. The van der Waals surface area contributed by atoms with Crippen molar-refractivity contribution in [2.45, 2.75) is 19.4 Å². The average molecular weight is 426 g/mol. The number of ether oxygens (including phenoxy) is 1. The third-order valence-electron chi connectivity index (χ3n) is 4.69. The highest BCUT2D eigenvalue weighted by molar-refractivity contribution is 7.19. The zero-order valence-electron chi connectivity index (χ0n) is 16.0. The first-order chi connectivity index (χ1) is 14.1. The van der Waals surface area contributed by atoms with Crippen molar-refractivity contribution in [3.05, 3.63) is 76.7 Å². The van der Waals surface area contributed by atoms with Gasteiger partial charge in [-0.25, -0.2) is 9.97 Å². The number of H-pyrrole nitrogens is 1. The lowest BCUT2D eigenvalue weighted by Gasteiger charge is -2.11. The molecular weight excluding hydrogens is 406 g/mol. The molecule has 29 heavy (non-hydrogen) atoms. The molecule has 0 spiro atoms. The van der Waals surface area contributed by atoms with Gasteiger partial charge in [-0.2, -0.15) is 0 Å². The monoisotopic (exact) mass is 425 g/mol. The van der Waals surface area contributed by atoms with Crippen LogP contribution >= 0.6 is 22.9 Å². The Hall–Kier alpha value is -2.67. The molecule has 0 aliphatic heterocycles. The number of rotatable bonds is 6. The van der Waals surface area contributed by atoms with E-state index in [1.165, 1.54) is 0 Å². The highest BCUT2D eigenvalue weighted by Crippen LogP contribution is 2.42. The number of aryl methyl sites for hydroxylation is 1. The van der Waals surface area contributed by atoms with Crippen LogP contribution < -0.4 is 4.74 Å². The van der Waals surface area contributed by atoms with Crippen molar-refractivity contribution >= 4 is 22.9 Å². The van der Waals surface area contributed by atoms with Gasteiger partial charge >= 0.3 is 0 Å². The van der Waals surface area contributed by atoms with Gasteiger partial charge in [-0.05, 0) is 41.8 Å². The number of imidazole rings is 1. The number of nitrogens with one attached hydrogen (secondary N) is 1. The predicted molar refractivity (Wildman–Crippen MR) is 117 cm³/mol. The summed E-state index contributed by atoms with van der Waals surface area (Å²) in [7, 11) is 1.59. The van der Waals surface area contributed by atoms with Crippen molar-refractivity contribution < 1.29 is 9.84 Å². The SMILES string of the molecule is CCc1cnc(-c2sc(-c3ccnc(OC)c3)cc2C(O)c2ccc(Cl)cc2)[nH]1. The highest BCUT2D eigenvalue weighted by atomic mass is 35.5. The van der Waals surface area contributed by atoms with Crippen molar-refractivity contribution in [1.82, 2.24) is 15.0 Å². The van der Waals surface area contributed by atoms with E-state index in [0.717, 1.165) is 44.4 Å². The topological polar surface area (TPSA) is 71.0 Å². The molecule has 2 N–H and O–H groups in total. The first kappa shape index (κ1) is 19.6. The summed E-state index contributed by atoms with van der Waals surface area (Å²) in [6, 6.07) is 13.0. The van der Waals surface area contributed by atoms with Crippen molar-refractivity contribution in [1.29, 1.82) is 0 Å². The molecular formula is C22H20ClN3O2S. The molecule has 0 fully saturated rings. The number of halogens is 1. The molecule has 3 aromatic heterocycles. The highest BCUT2D eigenvalue weighted by Gasteiger charge is 2.22. The molecule has 3 heterocycles.